The molecule has 39 heavy (non-hydrogen) atoms. The van der Waals surface area contributed by atoms with Gasteiger partial charge in [0.15, 0.2) is 0 Å². The van der Waals surface area contributed by atoms with E-state index in [1.54, 1.807) is 0 Å². The Morgan fingerprint density at radius 1 is 0.436 bits per heavy atom. The zero-order chi connectivity index (χ0) is 27.3. The van der Waals surface area contributed by atoms with Crippen molar-refractivity contribution in [2.75, 3.05) is 39.3 Å². The molecule has 0 saturated carbocycles. The molecule has 1 aliphatic rings. The Bertz CT molecular complexity index is 1030. The molecule has 0 spiro atoms. The maximum Gasteiger partial charge on any atom is 0.410 e. The fraction of sp³-hybridized carbons (Fsp3) is 0.300. The number of ether oxygens (including phenoxy) is 3. The van der Waals surface area contributed by atoms with Gasteiger partial charge in [-0.15, -0.1) is 0 Å². The smallest absolute Gasteiger partial charge is 0.410 e. The molecule has 1 aliphatic heterocycles. The van der Waals surface area contributed by atoms with Gasteiger partial charge in [0.2, 0.25) is 0 Å². The van der Waals surface area contributed by atoms with Gasteiger partial charge in [0.05, 0.1) is 0 Å². The van der Waals surface area contributed by atoms with Crippen LogP contribution >= 0.6 is 0 Å². The van der Waals surface area contributed by atoms with Crippen molar-refractivity contribution in [3.63, 3.8) is 0 Å². The molecule has 1 saturated heterocycles. The average Bonchev–Trinajstić information content (AvgIpc) is 3.10. The molecule has 3 aromatic carbocycles. The predicted molar refractivity (Wildman–Crippen MR) is 145 cm³/mol. The van der Waals surface area contributed by atoms with Crippen molar-refractivity contribution in [3.8, 4) is 0 Å². The van der Waals surface area contributed by atoms with Crippen molar-refractivity contribution < 1.29 is 28.6 Å². The molecule has 0 radical (unpaired) electrons. The summed E-state index contributed by atoms with van der Waals surface area (Å²) in [6.45, 7) is 1.80. The first kappa shape index (κ1) is 27.5. The molecule has 0 unspecified atom stereocenters. The van der Waals surface area contributed by atoms with Crippen LogP contribution in [0.15, 0.2) is 91.0 Å². The van der Waals surface area contributed by atoms with Crippen LogP contribution in [0.2, 0.25) is 0 Å². The van der Waals surface area contributed by atoms with E-state index in [2.05, 4.69) is 0 Å². The van der Waals surface area contributed by atoms with Crippen LogP contribution in [0.1, 0.15) is 16.7 Å². The summed E-state index contributed by atoms with van der Waals surface area (Å²) in [7, 11) is 0. The van der Waals surface area contributed by atoms with Gasteiger partial charge in [-0.25, -0.2) is 14.4 Å². The van der Waals surface area contributed by atoms with Gasteiger partial charge in [-0.3, -0.25) is 0 Å². The second-order valence-corrected chi connectivity index (χ2v) is 9.08. The van der Waals surface area contributed by atoms with Gasteiger partial charge in [-0.05, 0) is 16.7 Å². The SMILES string of the molecule is O=C(OCc1ccccc1)N1CCN(C(=O)OCc2ccccc2)CCN(C(=O)OCc2ccccc2)CC1. The van der Waals surface area contributed by atoms with Crippen LogP contribution in [-0.4, -0.2) is 72.2 Å². The molecule has 0 bridgehead atoms. The molecule has 9 heteroatoms. The third-order valence-corrected chi connectivity index (χ3v) is 6.31. The molecule has 4 rings (SSSR count). The standard InChI is InChI=1S/C30H33N3O6/c34-28(37-22-25-10-4-1-5-11-25)31-16-18-32(29(35)38-23-26-12-6-2-7-13-26)20-21-33(19-17-31)30(36)39-24-27-14-8-3-9-15-27/h1-15H,16-24H2. The number of hydrogen-bond donors (Lipinski definition) is 0. The lowest BCUT2D eigenvalue weighted by atomic mass is 10.2. The molecule has 1 fully saturated rings. The van der Waals surface area contributed by atoms with E-state index in [0.717, 1.165) is 16.7 Å². The van der Waals surface area contributed by atoms with Gasteiger partial charge >= 0.3 is 18.3 Å². The Morgan fingerprint density at radius 3 is 0.897 bits per heavy atom. The maximum absolute atomic E-state index is 13.0. The fourth-order valence-corrected chi connectivity index (χ4v) is 4.04. The summed E-state index contributed by atoms with van der Waals surface area (Å²) < 4.78 is 16.6. The molecular formula is C30H33N3O6. The first-order chi connectivity index (χ1) is 19.1. The number of carbonyl (C=O) groups is 3. The zero-order valence-electron chi connectivity index (χ0n) is 21.8. The third kappa shape index (κ3) is 8.77. The number of rotatable bonds is 6. The van der Waals surface area contributed by atoms with E-state index in [1.807, 2.05) is 91.0 Å². The molecule has 3 aromatic rings. The molecular weight excluding hydrogens is 498 g/mol. The summed E-state index contributed by atoms with van der Waals surface area (Å²) in [5.41, 5.74) is 2.60. The van der Waals surface area contributed by atoms with Crippen molar-refractivity contribution in [2.24, 2.45) is 0 Å². The van der Waals surface area contributed by atoms with E-state index in [-0.39, 0.29) is 59.1 Å². The Balaban J connectivity index is 1.40. The van der Waals surface area contributed by atoms with Crippen molar-refractivity contribution in [3.05, 3.63) is 108 Å². The molecule has 3 amide bonds. The Hall–Kier alpha value is -4.53. The Morgan fingerprint density at radius 2 is 0.667 bits per heavy atom. The van der Waals surface area contributed by atoms with Crippen LogP contribution in [0.3, 0.4) is 0 Å². The van der Waals surface area contributed by atoms with Gasteiger partial charge < -0.3 is 28.9 Å². The van der Waals surface area contributed by atoms with Crippen LogP contribution in [0.5, 0.6) is 0 Å². The highest BCUT2D eigenvalue weighted by atomic mass is 16.6. The van der Waals surface area contributed by atoms with Gasteiger partial charge in [-0.1, -0.05) is 91.0 Å². The minimum Gasteiger partial charge on any atom is -0.445 e. The van der Waals surface area contributed by atoms with Crippen molar-refractivity contribution in [1.29, 1.82) is 0 Å². The first-order valence-corrected chi connectivity index (χ1v) is 13.0. The quantitative estimate of drug-likeness (QED) is 0.420. The number of nitrogens with zero attached hydrogens (tertiary/aromatic N) is 3. The van der Waals surface area contributed by atoms with Crippen molar-refractivity contribution in [2.45, 2.75) is 19.8 Å². The second kappa shape index (κ2) is 14.4. The summed E-state index contributed by atoms with van der Waals surface area (Å²) in [5, 5.41) is 0. The summed E-state index contributed by atoms with van der Waals surface area (Å²) in [4.78, 5) is 43.4. The highest BCUT2D eigenvalue weighted by Crippen LogP contribution is 2.10. The summed E-state index contributed by atoms with van der Waals surface area (Å²) in [6.07, 6.45) is -1.55. The zero-order valence-corrected chi connectivity index (χ0v) is 21.8. The van der Waals surface area contributed by atoms with Crippen molar-refractivity contribution >= 4 is 18.3 Å². The largest absolute Gasteiger partial charge is 0.445 e. The average molecular weight is 532 g/mol. The van der Waals surface area contributed by atoms with Crippen LogP contribution < -0.4 is 0 Å². The van der Waals surface area contributed by atoms with E-state index in [9.17, 15) is 14.4 Å². The summed E-state index contributed by atoms with van der Waals surface area (Å²) >= 11 is 0. The van der Waals surface area contributed by atoms with E-state index in [4.69, 9.17) is 14.2 Å². The van der Waals surface area contributed by atoms with Crippen LogP contribution in [-0.2, 0) is 34.0 Å². The number of hydrogen-bond acceptors (Lipinski definition) is 6. The van der Waals surface area contributed by atoms with Crippen LogP contribution in [0.25, 0.3) is 0 Å². The lowest BCUT2D eigenvalue weighted by Gasteiger charge is -2.25. The molecule has 0 N–H and O–H groups in total. The molecule has 0 aromatic heterocycles. The normalized spacial score (nSPS) is 14.0. The lowest BCUT2D eigenvalue weighted by Crippen LogP contribution is -2.42. The maximum atomic E-state index is 13.0. The summed E-state index contributed by atoms with van der Waals surface area (Å²) in [6, 6.07) is 28.2. The molecule has 9 nitrogen and oxygen atoms in total. The lowest BCUT2D eigenvalue weighted by molar-refractivity contribution is 0.0818. The minimum absolute atomic E-state index is 0.127. The predicted octanol–water partition coefficient (Wildman–Crippen LogP) is 4.92. The molecule has 1 heterocycles. The van der Waals surface area contributed by atoms with E-state index in [0.29, 0.717) is 0 Å². The van der Waals surface area contributed by atoms with Crippen LogP contribution in [0, 0.1) is 0 Å². The number of benzene rings is 3. The van der Waals surface area contributed by atoms with E-state index < -0.39 is 18.3 Å². The number of carbonyl (C=O) groups excluding carboxylic acids is 3. The van der Waals surface area contributed by atoms with E-state index >= 15 is 0 Å². The van der Waals surface area contributed by atoms with Gasteiger partial charge in [-0.2, -0.15) is 0 Å². The van der Waals surface area contributed by atoms with Gasteiger partial charge in [0, 0.05) is 39.3 Å². The minimum atomic E-state index is -0.518. The van der Waals surface area contributed by atoms with E-state index in [1.165, 1.54) is 14.7 Å². The van der Waals surface area contributed by atoms with Gasteiger partial charge in [0.25, 0.3) is 0 Å². The molecule has 204 valence electrons. The van der Waals surface area contributed by atoms with Crippen molar-refractivity contribution in [1.82, 2.24) is 14.7 Å². The Labute approximate surface area is 228 Å². The number of amides is 3. The molecule has 0 aliphatic carbocycles. The highest BCUT2D eigenvalue weighted by molar-refractivity contribution is 5.70. The first-order valence-electron chi connectivity index (χ1n) is 13.0. The monoisotopic (exact) mass is 531 g/mol. The van der Waals surface area contributed by atoms with Gasteiger partial charge in [0.1, 0.15) is 19.8 Å². The fourth-order valence-electron chi connectivity index (χ4n) is 4.04. The second-order valence-electron chi connectivity index (χ2n) is 9.08. The third-order valence-electron chi connectivity index (χ3n) is 6.31. The summed E-state index contributed by atoms with van der Waals surface area (Å²) in [5.74, 6) is 0. The topological polar surface area (TPSA) is 88.6 Å². The Kier molecular flexibility index (Phi) is 10.2. The highest BCUT2D eigenvalue weighted by Gasteiger charge is 2.26. The van der Waals surface area contributed by atoms with Crippen LogP contribution in [0.4, 0.5) is 14.4 Å². The molecule has 0 atom stereocenters.